The van der Waals surface area contributed by atoms with E-state index in [9.17, 15) is 19.7 Å². The van der Waals surface area contributed by atoms with Crippen LogP contribution in [0.1, 0.15) is 48.7 Å². The van der Waals surface area contributed by atoms with Gasteiger partial charge in [0.25, 0.3) is 5.69 Å². The first kappa shape index (κ1) is 19.4. The highest BCUT2D eigenvalue weighted by molar-refractivity contribution is 5.98. The van der Waals surface area contributed by atoms with Crippen molar-refractivity contribution in [1.29, 1.82) is 0 Å². The average molecular weight is 338 g/mol. The lowest BCUT2D eigenvalue weighted by Crippen LogP contribution is -2.25. The molecule has 0 radical (unpaired) electrons. The molecule has 8 heteroatoms. The van der Waals surface area contributed by atoms with Gasteiger partial charge in [-0.05, 0) is 39.7 Å². The van der Waals surface area contributed by atoms with Crippen molar-refractivity contribution in [2.45, 2.75) is 46.1 Å². The Balaban J connectivity index is 3.39. The number of carbonyl (C=O) groups excluding carboxylic acids is 2. The zero-order chi connectivity index (χ0) is 18.7. The Morgan fingerprint density at radius 3 is 2.38 bits per heavy atom. The van der Waals surface area contributed by atoms with E-state index in [-0.39, 0.29) is 35.3 Å². The molecule has 0 aromatic heterocycles. The zero-order valence-electron chi connectivity index (χ0n) is 14.5. The van der Waals surface area contributed by atoms with Crippen molar-refractivity contribution in [2.75, 3.05) is 12.8 Å². The minimum absolute atomic E-state index is 0.0322. The predicted octanol–water partition coefficient (Wildman–Crippen LogP) is 2.55. The van der Waals surface area contributed by atoms with Gasteiger partial charge in [0.15, 0.2) is 0 Å². The summed E-state index contributed by atoms with van der Waals surface area (Å²) in [6.07, 6.45) is 0.0146. The molecule has 1 aromatic rings. The topological polar surface area (TPSA) is 122 Å². The third kappa shape index (κ3) is 4.68. The number of nitrogen functional groups attached to an aromatic ring is 1. The maximum atomic E-state index is 12.4. The first-order valence-corrected chi connectivity index (χ1v) is 7.34. The third-order valence-electron chi connectivity index (χ3n) is 3.32. The number of benzene rings is 1. The molecule has 0 atom stereocenters. The van der Waals surface area contributed by atoms with E-state index in [1.54, 1.807) is 27.7 Å². The Bertz CT molecular complexity index is 676. The molecule has 0 aliphatic carbocycles. The van der Waals surface area contributed by atoms with Crippen molar-refractivity contribution in [1.82, 2.24) is 0 Å². The third-order valence-corrected chi connectivity index (χ3v) is 3.32. The monoisotopic (exact) mass is 338 g/mol. The second-order valence-corrected chi connectivity index (χ2v) is 6.30. The summed E-state index contributed by atoms with van der Waals surface area (Å²) in [6.45, 7) is 6.68. The zero-order valence-corrected chi connectivity index (χ0v) is 14.5. The maximum absolute atomic E-state index is 12.4. The van der Waals surface area contributed by atoms with E-state index in [1.807, 2.05) is 0 Å². The van der Waals surface area contributed by atoms with Crippen molar-refractivity contribution in [3.8, 4) is 0 Å². The molecule has 1 rings (SSSR count). The van der Waals surface area contributed by atoms with Crippen molar-refractivity contribution >= 4 is 23.3 Å². The van der Waals surface area contributed by atoms with Crippen LogP contribution in [0.5, 0.6) is 0 Å². The number of rotatable bonds is 5. The van der Waals surface area contributed by atoms with Crippen molar-refractivity contribution in [2.24, 2.45) is 0 Å². The Morgan fingerprint density at radius 1 is 1.33 bits per heavy atom. The van der Waals surface area contributed by atoms with E-state index < -0.39 is 22.5 Å². The number of nitro groups is 1. The van der Waals surface area contributed by atoms with Gasteiger partial charge in [-0.1, -0.05) is 0 Å². The first-order valence-electron chi connectivity index (χ1n) is 7.34. The molecular weight excluding hydrogens is 316 g/mol. The molecule has 2 N–H and O–H groups in total. The van der Waals surface area contributed by atoms with Crippen LogP contribution in [0, 0.1) is 17.0 Å². The Hall–Kier alpha value is -2.64. The summed E-state index contributed by atoms with van der Waals surface area (Å²) >= 11 is 0. The average Bonchev–Trinajstić information content (AvgIpc) is 2.43. The molecule has 0 spiro atoms. The van der Waals surface area contributed by atoms with Crippen LogP contribution in [-0.4, -0.2) is 29.6 Å². The van der Waals surface area contributed by atoms with E-state index in [0.717, 1.165) is 6.07 Å². The Labute approximate surface area is 140 Å². The summed E-state index contributed by atoms with van der Waals surface area (Å²) in [5.41, 5.74) is 5.51. The number of esters is 2. The fraction of sp³-hybridized carbons (Fsp3) is 0.500. The minimum atomic E-state index is -0.732. The number of nitrogens with two attached hydrogens (primary N) is 1. The molecule has 8 nitrogen and oxygen atoms in total. The van der Waals surface area contributed by atoms with Crippen molar-refractivity contribution < 1.29 is 24.0 Å². The van der Waals surface area contributed by atoms with E-state index in [4.69, 9.17) is 10.5 Å². The van der Waals surface area contributed by atoms with Gasteiger partial charge in [0.2, 0.25) is 0 Å². The summed E-state index contributed by atoms with van der Waals surface area (Å²) < 4.78 is 9.86. The smallest absolute Gasteiger partial charge is 0.341 e. The quantitative estimate of drug-likeness (QED) is 0.379. The van der Waals surface area contributed by atoms with E-state index >= 15 is 0 Å². The van der Waals surface area contributed by atoms with Gasteiger partial charge in [0.1, 0.15) is 5.60 Å². The highest BCUT2D eigenvalue weighted by Gasteiger charge is 2.28. The molecule has 0 fully saturated rings. The van der Waals surface area contributed by atoms with E-state index in [2.05, 4.69) is 4.74 Å². The van der Waals surface area contributed by atoms with Crippen LogP contribution in [0.3, 0.4) is 0 Å². The van der Waals surface area contributed by atoms with Gasteiger partial charge in [-0.3, -0.25) is 14.9 Å². The number of hydrogen-bond acceptors (Lipinski definition) is 7. The lowest BCUT2D eigenvalue weighted by Gasteiger charge is -2.21. The predicted molar refractivity (Wildman–Crippen MR) is 87.8 cm³/mol. The number of nitrogens with zero attached hydrogens (tertiary/aromatic N) is 1. The Morgan fingerprint density at radius 2 is 1.92 bits per heavy atom. The number of methoxy groups -OCH3 is 1. The molecule has 0 saturated heterocycles. The number of hydrogen-bond donors (Lipinski definition) is 1. The maximum Gasteiger partial charge on any atom is 0.341 e. The largest absolute Gasteiger partial charge is 0.469 e. The van der Waals surface area contributed by atoms with Crippen LogP contribution >= 0.6 is 0 Å². The van der Waals surface area contributed by atoms with Gasteiger partial charge in [-0.25, -0.2) is 4.79 Å². The van der Waals surface area contributed by atoms with Crippen LogP contribution in [0.25, 0.3) is 0 Å². The van der Waals surface area contributed by atoms with Gasteiger partial charge in [-0.15, -0.1) is 0 Å². The van der Waals surface area contributed by atoms with Gasteiger partial charge >= 0.3 is 11.9 Å². The highest BCUT2D eigenvalue weighted by atomic mass is 16.6. The summed E-state index contributed by atoms with van der Waals surface area (Å²) in [5.74, 6) is -1.16. The minimum Gasteiger partial charge on any atom is -0.469 e. The van der Waals surface area contributed by atoms with Crippen LogP contribution in [-0.2, 0) is 20.7 Å². The molecule has 0 aliphatic heterocycles. The lowest BCUT2D eigenvalue weighted by molar-refractivity contribution is -0.385. The van der Waals surface area contributed by atoms with E-state index in [0.29, 0.717) is 5.56 Å². The lowest BCUT2D eigenvalue weighted by atomic mass is 9.95. The normalized spacial score (nSPS) is 11.0. The SMILES string of the molecule is COC(=O)CCc1c([N+](=O)[O-])cc(N)c(C(=O)OC(C)(C)C)c1C. The molecular formula is C16H22N2O6. The van der Waals surface area contributed by atoms with Crippen LogP contribution in [0.2, 0.25) is 0 Å². The second-order valence-electron chi connectivity index (χ2n) is 6.30. The molecule has 0 saturated carbocycles. The van der Waals surface area contributed by atoms with Crippen molar-refractivity contribution in [3.05, 3.63) is 32.9 Å². The summed E-state index contributed by atoms with van der Waals surface area (Å²) in [5, 5.41) is 11.3. The molecule has 24 heavy (non-hydrogen) atoms. The van der Waals surface area contributed by atoms with Crippen molar-refractivity contribution in [3.63, 3.8) is 0 Å². The van der Waals surface area contributed by atoms with Gasteiger partial charge in [0, 0.05) is 18.1 Å². The van der Waals surface area contributed by atoms with Gasteiger partial charge in [-0.2, -0.15) is 0 Å². The number of nitro benzene ring substituents is 1. The molecule has 132 valence electrons. The second kappa shape index (κ2) is 7.29. The van der Waals surface area contributed by atoms with Crippen LogP contribution in [0.4, 0.5) is 11.4 Å². The van der Waals surface area contributed by atoms with Gasteiger partial charge in [0.05, 0.1) is 23.3 Å². The summed E-state index contributed by atoms with van der Waals surface area (Å²) in [4.78, 5) is 34.4. The first-order chi connectivity index (χ1) is 11.0. The fourth-order valence-corrected chi connectivity index (χ4v) is 2.27. The molecule has 0 aliphatic rings. The number of carbonyl (C=O) groups is 2. The van der Waals surface area contributed by atoms with E-state index in [1.165, 1.54) is 7.11 Å². The number of anilines is 1. The van der Waals surface area contributed by atoms with Crippen LogP contribution in [0.15, 0.2) is 6.07 Å². The summed E-state index contributed by atoms with van der Waals surface area (Å²) in [6, 6.07) is 1.12. The molecule has 0 heterocycles. The van der Waals surface area contributed by atoms with Gasteiger partial charge < -0.3 is 15.2 Å². The molecule has 0 amide bonds. The summed E-state index contributed by atoms with van der Waals surface area (Å²) in [7, 11) is 1.23. The number of ether oxygens (including phenoxy) is 2. The molecule has 1 aromatic carbocycles. The fourth-order valence-electron chi connectivity index (χ4n) is 2.27. The molecule has 0 bridgehead atoms. The van der Waals surface area contributed by atoms with Crippen LogP contribution < -0.4 is 5.73 Å². The Kier molecular flexibility index (Phi) is 5.89. The highest BCUT2D eigenvalue weighted by Crippen LogP contribution is 2.32. The standard InChI is InChI=1S/C16H22N2O6/c1-9-10(6-7-13(19)23-5)12(18(21)22)8-11(17)14(9)15(20)24-16(2,3)4/h8H,6-7,17H2,1-5H3. The molecule has 0 unspecified atom stereocenters.